The van der Waals surface area contributed by atoms with E-state index in [0.29, 0.717) is 6.54 Å². The van der Waals surface area contributed by atoms with E-state index in [1.54, 1.807) is 6.20 Å². The molecule has 1 aromatic carbocycles. The summed E-state index contributed by atoms with van der Waals surface area (Å²) >= 11 is 8.98. The standard InChI is InChI=1S/C10H11BrClN5O2S/c11-10-8(13)5-7(12)6-9(10)20(18,19)15-2-4-17-3-1-14-16-17/h1,3,5-6,15H,2,4,13H2. The Hall–Kier alpha value is -1.16. The van der Waals surface area contributed by atoms with Gasteiger partial charge in [-0.05, 0) is 28.1 Å². The summed E-state index contributed by atoms with van der Waals surface area (Å²) in [5.74, 6) is 0. The molecule has 0 saturated carbocycles. The van der Waals surface area contributed by atoms with Crippen LogP contribution in [-0.4, -0.2) is 30.0 Å². The van der Waals surface area contributed by atoms with Crippen LogP contribution in [-0.2, 0) is 16.6 Å². The first-order chi connectivity index (χ1) is 9.40. The molecule has 0 atom stereocenters. The van der Waals surface area contributed by atoms with Gasteiger partial charge in [-0.15, -0.1) is 5.10 Å². The molecule has 0 bridgehead atoms. The number of nitrogens with two attached hydrogens (primary N) is 1. The van der Waals surface area contributed by atoms with Gasteiger partial charge in [0.25, 0.3) is 0 Å². The summed E-state index contributed by atoms with van der Waals surface area (Å²) in [6.45, 7) is 0.539. The second kappa shape index (κ2) is 6.08. The number of sulfonamides is 1. The molecule has 7 nitrogen and oxygen atoms in total. The number of nitrogen functional groups attached to an aromatic ring is 1. The third-order valence-electron chi connectivity index (χ3n) is 2.43. The van der Waals surface area contributed by atoms with E-state index in [0.717, 1.165) is 0 Å². The van der Waals surface area contributed by atoms with Crippen molar-refractivity contribution < 1.29 is 8.42 Å². The maximum absolute atomic E-state index is 12.2. The average molecular weight is 381 g/mol. The molecule has 0 unspecified atom stereocenters. The van der Waals surface area contributed by atoms with Gasteiger partial charge in [0, 0.05) is 23.5 Å². The largest absolute Gasteiger partial charge is 0.398 e. The van der Waals surface area contributed by atoms with Crippen LogP contribution < -0.4 is 10.5 Å². The Bertz CT molecular complexity index is 705. The Kier molecular flexibility index (Phi) is 4.63. The van der Waals surface area contributed by atoms with Crippen molar-refractivity contribution in [2.75, 3.05) is 12.3 Å². The van der Waals surface area contributed by atoms with Gasteiger partial charge in [-0.25, -0.2) is 13.1 Å². The lowest BCUT2D eigenvalue weighted by atomic mass is 10.3. The first-order valence-electron chi connectivity index (χ1n) is 5.48. The Morgan fingerprint density at radius 1 is 1.45 bits per heavy atom. The van der Waals surface area contributed by atoms with Gasteiger partial charge < -0.3 is 5.73 Å². The van der Waals surface area contributed by atoms with Crippen LogP contribution in [0.5, 0.6) is 0 Å². The normalized spacial score (nSPS) is 11.7. The van der Waals surface area contributed by atoms with E-state index in [1.807, 2.05) is 0 Å². The zero-order valence-electron chi connectivity index (χ0n) is 10.1. The molecule has 10 heteroatoms. The minimum absolute atomic E-state index is 0.00101. The van der Waals surface area contributed by atoms with Crippen LogP contribution in [0.25, 0.3) is 0 Å². The monoisotopic (exact) mass is 379 g/mol. The fourth-order valence-electron chi connectivity index (χ4n) is 1.50. The lowest BCUT2D eigenvalue weighted by Crippen LogP contribution is -2.28. The van der Waals surface area contributed by atoms with Gasteiger partial charge in [0.15, 0.2) is 0 Å². The Labute approximate surface area is 129 Å². The lowest BCUT2D eigenvalue weighted by Gasteiger charge is -2.10. The predicted molar refractivity (Wildman–Crippen MR) is 78.8 cm³/mol. The fourth-order valence-corrected chi connectivity index (χ4v) is 3.82. The molecule has 0 fully saturated rings. The summed E-state index contributed by atoms with van der Waals surface area (Å²) in [4.78, 5) is 0.00101. The van der Waals surface area contributed by atoms with E-state index in [4.69, 9.17) is 17.3 Å². The average Bonchev–Trinajstić information content (AvgIpc) is 2.86. The van der Waals surface area contributed by atoms with E-state index >= 15 is 0 Å². The molecule has 1 aromatic heterocycles. The number of benzene rings is 1. The van der Waals surface area contributed by atoms with E-state index in [-0.39, 0.29) is 26.6 Å². The van der Waals surface area contributed by atoms with Crippen LogP contribution in [0, 0.1) is 0 Å². The number of nitrogens with one attached hydrogen (secondary N) is 1. The summed E-state index contributed by atoms with van der Waals surface area (Å²) < 4.78 is 28.6. The van der Waals surface area contributed by atoms with Gasteiger partial charge in [0.2, 0.25) is 10.0 Å². The predicted octanol–water partition coefficient (Wildman–Crippen LogP) is 1.25. The van der Waals surface area contributed by atoms with Crippen molar-refractivity contribution in [2.45, 2.75) is 11.4 Å². The number of hydrogen-bond acceptors (Lipinski definition) is 5. The quantitative estimate of drug-likeness (QED) is 0.760. The molecule has 2 aromatic rings. The van der Waals surface area contributed by atoms with E-state index in [1.165, 1.54) is 23.0 Å². The van der Waals surface area contributed by atoms with Gasteiger partial charge in [0.05, 0.1) is 22.1 Å². The highest BCUT2D eigenvalue weighted by atomic mass is 79.9. The molecule has 3 N–H and O–H groups in total. The maximum Gasteiger partial charge on any atom is 0.241 e. The fraction of sp³-hybridized carbons (Fsp3) is 0.200. The number of aromatic nitrogens is 3. The summed E-state index contributed by atoms with van der Waals surface area (Å²) in [5.41, 5.74) is 5.94. The summed E-state index contributed by atoms with van der Waals surface area (Å²) in [7, 11) is -3.71. The smallest absolute Gasteiger partial charge is 0.241 e. The van der Waals surface area contributed by atoms with Crippen molar-refractivity contribution in [3.8, 4) is 0 Å². The minimum Gasteiger partial charge on any atom is -0.398 e. The van der Waals surface area contributed by atoms with Crippen molar-refractivity contribution in [3.05, 3.63) is 34.0 Å². The zero-order chi connectivity index (χ0) is 14.8. The zero-order valence-corrected chi connectivity index (χ0v) is 13.3. The molecule has 2 rings (SSSR count). The second-order valence-corrected chi connectivity index (χ2v) is 6.84. The van der Waals surface area contributed by atoms with Crippen LogP contribution >= 0.6 is 27.5 Å². The Balaban J connectivity index is 2.14. The first kappa shape index (κ1) is 15.2. The maximum atomic E-state index is 12.2. The van der Waals surface area contributed by atoms with Gasteiger partial charge in [-0.1, -0.05) is 16.8 Å². The molecule has 1 heterocycles. The molecule has 0 aliphatic heterocycles. The van der Waals surface area contributed by atoms with Crippen LogP contribution in [0.15, 0.2) is 33.9 Å². The topological polar surface area (TPSA) is 103 Å². The number of hydrogen-bond donors (Lipinski definition) is 2. The minimum atomic E-state index is -3.71. The van der Waals surface area contributed by atoms with Crippen molar-refractivity contribution >= 4 is 43.2 Å². The highest BCUT2D eigenvalue weighted by Gasteiger charge is 2.19. The highest BCUT2D eigenvalue weighted by molar-refractivity contribution is 9.10. The molecule has 0 aliphatic carbocycles. The van der Waals surface area contributed by atoms with Crippen LogP contribution in [0.3, 0.4) is 0 Å². The highest BCUT2D eigenvalue weighted by Crippen LogP contribution is 2.31. The summed E-state index contributed by atoms with van der Waals surface area (Å²) in [6, 6.07) is 2.81. The van der Waals surface area contributed by atoms with Gasteiger partial charge in [0.1, 0.15) is 0 Å². The Morgan fingerprint density at radius 2 is 2.20 bits per heavy atom. The molecule has 20 heavy (non-hydrogen) atoms. The van der Waals surface area contributed by atoms with Crippen LogP contribution in [0.2, 0.25) is 5.02 Å². The molecule has 0 saturated heterocycles. The van der Waals surface area contributed by atoms with Gasteiger partial charge >= 0.3 is 0 Å². The van der Waals surface area contributed by atoms with Gasteiger partial charge in [-0.3, -0.25) is 4.68 Å². The molecule has 0 spiro atoms. The van der Waals surface area contributed by atoms with E-state index < -0.39 is 10.0 Å². The SMILES string of the molecule is Nc1cc(Cl)cc(S(=O)(=O)NCCn2ccnn2)c1Br. The summed E-state index contributed by atoms with van der Waals surface area (Å²) in [5, 5.41) is 7.61. The number of nitrogens with zero attached hydrogens (tertiary/aromatic N) is 3. The number of anilines is 1. The van der Waals surface area contributed by atoms with Crippen molar-refractivity contribution in [3.63, 3.8) is 0 Å². The van der Waals surface area contributed by atoms with Crippen molar-refractivity contribution in [2.24, 2.45) is 0 Å². The molecular formula is C10H11BrClN5O2S. The van der Waals surface area contributed by atoms with Crippen LogP contribution in [0.1, 0.15) is 0 Å². The summed E-state index contributed by atoms with van der Waals surface area (Å²) in [6.07, 6.45) is 3.16. The number of rotatable bonds is 5. The third-order valence-corrected chi connectivity index (χ3v) is 5.28. The van der Waals surface area contributed by atoms with Gasteiger partial charge in [-0.2, -0.15) is 0 Å². The molecular weight excluding hydrogens is 370 g/mol. The Morgan fingerprint density at radius 3 is 2.85 bits per heavy atom. The molecule has 0 aliphatic rings. The van der Waals surface area contributed by atoms with Crippen molar-refractivity contribution in [1.29, 1.82) is 0 Å². The second-order valence-electron chi connectivity index (χ2n) is 3.87. The third kappa shape index (κ3) is 3.48. The first-order valence-corrected chi connectivity index (χ1v) is 8.14. The molecule has 0 amide bonds. The molecule has 0 radical (unpaired) electrons. The van der Waals surface area contributed by atoms with Crippen molar-refractivity contribution in [1.82, 2.24) is 19.7 Å². The van der Waals surface area contributed by atoms with E-state index in [2.05, 4.69) is 31.0 Å². The van der Waals surface area contributed by atoms with Crippen LogP contribution in [0.4, 0.5) is 5.69 Å². The lowest BCUT2D eigenvalue weighted by molar-refractivity contribution is 0.552. The number of halogens is 2. The molecule has 108 valence electrons. The van der Waals surface area contributed by atoms with E-state index in [9.17, 15) is 8.42 Å².